The Hall–Kier alpha value is -0.920. The van der Waals surface area contributed by atoms with Crippen LogP contribution in [0.1, 0.15) is 32.1 Å². The Labute approximate surface area is 113 Å². The number of nitrogens with one attached hydrogen (secondary N) is 2. The lowest BCUT2D eigenvalue weighted by molar-refractivity contribution is 0.383. The van der Waals surface area contributed by atoms with Crippen molar-refractivity contribution in [1.82, 2.24) is 19.8 Å². The molecule has 2 saturated carbocycles. The highest BCUT2D eigenvalue weighted by Crippen LogP contribution is 2.21. The van der Waals surface area contributed by atoms with Crippen LogP contribution in [-0.4, -0.2) is 36.8 Å². The Morgan fingerprint density at radius 1 is 1.26 bits per heavy atom. The molecule has 19 heavy (non-hydrogen) atoms. The summed E-state index contributed by atoms with van der Waals surface area (Å²) in [5.74, 6) is 0. The van der Waals surface area contributed by atoms with Crippen LogP contribution in [0.4, 0.5) is 0 Å². The van der Waals surface area contributed by atoms with Crippen LogP contribution in [0, 0.1) is 0 Å². The van der Waals surface area contributed by atoms with Crippen molar-refractivity contribution < 1.29 is 8.42 Å². The van der Waals surface area contributed by atoms with E-state index in [1.165, 1.54) is 19.0 Å². The maximum atomic E-state index is 12.1. The van der Waals surface area contributed by atoms with Crippen LogP contribution in [0.3, 0.4) is 0 Å². The van der Waals surface area contributed by atoms with Gasteiger partial charge in [0.2, 0.25) is 10.0 Å². The summed E-state index contributed by atoms with van der Waals surface area (Å²) < 4.78 is 28.5. The third-order valence-electron chi connectivity index (χ3n) is 3.70. The summed E-state index contributed by atoms with van der Waals surface area (Å²) in [7, 11) is -3.38. The lowest BCUT2D eigenvalue weighted by Gasteiger charge is -2.25. The van der Waals surface area contributed by atoms with Gasteiger partial charge in [0.05, 0.1) is 12.7 Å². The molecule has 0 atom stereocenters. The van der Waals surface area contributed by atoms with Crippen molar-refractivity contribution in [3.05, 3.63) is 12.4 Å². The molecular weight excluding hydrogens is 264 g/mol. The van der Waals surface area contributed by atoms with Gasteiger partial charge in [-0.05, 0) is 25.7 Å². The first-order valence-corrected chi connectivity index (χ1v) is 8.40. The van der Waals surface area contributed by atoms with Crippen molar-refractivity contribution in [3.63, 3.8) is 0 Å². The van der Waals surface area contributed by atoms with Gasteiger partial charge in [-0.2, -0.15) is 5.10 Å². The third kappa shape index (κ3) is 3.34. The zero-order chi connectivity index (χ0) is 13.3. The summed E-state index contributed by atoms with van der Waals surface area (Å²) in [6.07, 6.45) is 8.54. The van der Waals surface area contributed by atoms with E-state index in [2.05, 4.69) is 15.1 Å². The Morgan fingerprint density at radius 2 is 2.05 bits per heavy atom. The molecule has 106 valence electrons. The largest absolute Gasteiger partial charge is 0.312 e. The maximum absolute atomic E-state index is 12.1. The minimum Gasteiger partial charge on any atom is -0.312 e. The lowest BCUT2D eigenvalue weighted by Crippen LogP contribution is -2.39. The highest BCUT2D eigenvalue weighted by atomic mass is 32.2. The van der Waals surface area contributed by atoms with Gasteiger partial charge in [0.1, 0.15) is 4.90 Å². The van der Waals surface area contributed by atoms with Crippen molar-refractivity contribution in [1.29, 1.82) is 0 Å². The van der Waals surface area contributed by atoms with Crippen LogP contribution < -0.4 is 10.0 Å². The van der Waals surface area contributed by atoms with Crippen LogP contribution in [0.15, 0.2) is 17.3 Å². The molecule has 3 rings (SSSR count). The van der Waals surface area contributed by atoms with Crippen molar-refractivity contribution in [2.24, 2.45) is 0 Å². The molecule has 2 aliphatic rings. The van der Waals surface area contributed by atoms with Crippen LogP contribution in [0.2, 0.25) is 0 Å². The second-order valence-corrected chi connectivity index (χ2v) is 7.13. The first kappa shape index (κ1) is 13.1. The van der Waals surface area contributed by atoms with Gasteiger partial charge in [0.25, 0.3) is 0 Å². The predicted octanol–water partition coefficient (Wildman–Crippen LogP) is 0.466. The molecule has 0 unspecified atom stereocenters. The summed E-state index contributed by atoms with van der Waals surface area (Å²) in [4.78, 5) is 0.269. The number of nitrogens with zero attached hydrogens (tertiary/aromatic N) is 2. The Bertz CT molecular complexity index is 532. The Balaban J connectivity index is 1.55. The van der Waals surface area contributed by atoms with Gasteiger partial charge in [-0.15, -0.1) is 0 Å². The maximum Gasteiger partial charge on any atom is 0.243 e. The molecular formula is C12H20N4O2S. The third-order valence-corrected chi connectivity index (χ3v) is 5.17. The van der Waals surface area contributed by atoms with Gasteiger partial charge in [-0.1, -0.05) is 6.42 Å². The second kappa shape index (κ2) is 5.22. The molecule has 0 saturated heterocycles. The number of hydrogen-bond acceptors (Lipinski definition) is 4. The number of aromatic nitrogens is 2. The average Bonchev–Trinajstić information content (AvgIpc) is 3.00. The van der Waals surface area contributed by atoms with Gasteiger partial charge in [0, 0.05) is 24.8 Å². The molecule has 2 N–H and O–H groups in total. The summed E-state index contributed by atoms with van der Waals surface area (Å²) in [6.45, 7) is 1.54. The molecule has 2 aliphatic carbocycles. The van der Waals surface area contributed by atoms with Crippen LogP contribution in [-0.2, 0) is 16.6 Å². The second-order valence-electron chi connectivity index (χ2n) is 5.42. The first-order valence-electron chi connectivity index (χ1n) is 6.92. The fraction of sp³-hybridized carbons (Fsp3) is 0.750. The van der Waals surface area contributed by atoms with E-state index < -0.39 is 10.0 Å². The van der Waals surface area contributed by atoms with Gasteiger partial charge >= 0.3 is 0 Å². The molecule has 2 fully saturated rings. The molecule has 0 aliphatic heterocycles. The van der Waals surface area contributed by atoms with Crippen LogP contribution in [0.5, 0.6) is 0 Å². The summed E-state index contributed by atoms with van der Waals surface area (Å²) in [5, 5.41) is 7.49. The van der Waals surface area contributed by atoms with E-state index in [1.807, 2.05) is 0 Å². The lowest BCUT2D eigenvalue weighted by atomic mass is 9.94. The molecule has 0 spiro atoms. The summed E-state index contributed by atoms with van der Waals surface area (Å²) in [6, 6.07) is 0.781. The number of rotatable bonds is 7. The molecule has 1 aromatic rings. The van der Waals surface area contributed by atoms with E-state index in [0.29, 0.717) is 12.6 Å². The van der Waals surface area contributed by atoms with Crippen LogP contribution >= 0.6 is 0 Å². The number of sulfonamides is 1. The van der Waals surface area contributed by atoms with Gasteiger partial charge in [-0.3, -0.25) is 4.68 Å². The van der Waals surface area contributed by atoms with E-state index in [1.54, 1.807) is 10.9 Å². The fourth-order valence-electron chi connectivity index (χ4n) is 2.09. The zero-order valence-electron chi connectivity index (χ0n) is 10.9. The molecule has 1 aromatic heterocycles. The summed E-state index contributed by atoms with van der Waals surface area (Å²) >= 11 is 0. The predicted molar refractivity (Wildman–Crippen MR) is 71.2 cm³/mol. The number of hydrogen-bond donors (Lipinski definition) is 2. The topological polar surface area (TPSA) is 76.0 Å². The standard InChI is InChI=1S/C12H20N4O2S/c17-19(18,15-11-2-1-3-11)12-8-14-16(9-12)7-6-13-10-4-5-10/h8-11,13,15H,1-7H2. The molecule has 6 nitrogen and oxygen atoms in total. The minimum atomic E-state index is -3.38. The molecule has 0 amide bonds. The highest BCUT2D eigenvalue weighted by molar-refractivity contribution is 7.89. The molecule has 0 radical (unpaired) electrons. The average molecular weight is 284 g/mol. The van der Waals surface area contributed by atoms with Crippen molar-refractivity contribution in [2.75, 3.05) is 6.54 Å². The Kier molecular flexibility index (Phi) is 3.60. The monoisotopic (exact) mass is 284 g/mol. The highest BCUT2D eigenvalue weighted by Gasteiger charge is 2.25. The van der Waals surface area contributed by atoms with Gasteiger partial charge in [-0.25, -0.2) is 13.1 Å². The van der Waals surface area contributed by atoms with Gasteiger partial charge in [0.15, 0.2) is 0 Å². The van der Waals surface area contributed by atoms with Crippen molar-refractivity contribution >= 4 is 10.0 Å². The van der Waals surface area contributed by atoms with E-state index in [4.69, 9.17) is 0 Å². The van der Waals surface area contributed by atoms with Crippen molar-refractivity contribution in [2.45, 2.75) is 55.6 Å². The van der Waals surface area contributed by atoms with E-state index in [0.717, 1.165) is 25.8 Å². The van der Waals surface area contributed by atoms with Gasteiger partial charge < -0.3 is 5.32 Å². The summed E-state index contributed by atoms with van der Waals surface area (Å²) in [5.41, 5.74) is 0. The first-order chi connectivity index (χ1) is 9.13. The Morgan fingerprint density at radius 3 is 2.68 bits per heavy atom. The van der Waals surface area contributed by atoms with E-state index in [9.17, 15) is 8.42 Å². The smallest absolute Gasteiger partial charge is 0.243 e. The zero-order valence-corrected chi connectivity index (χ0v) is 11.7. The minimum absolute atomic E-state index is 0.116. The van der Waals surface area contributed by atoms with Crippen molar-refractivity contribution in [3.8, 4) is 0 Å². The van der Waals surface area contributed by atoms with Crippen LogP contribution in [0.25, 0.3) is 0 Å². The molecule has 0 bridgehead atoms. The normalized spacial score (nSPS) is 20.4. The quantitative estimate of drug-likeness (QED) is 0.763. The van der Waals surface area contributed by atoms with E-state index in [-0.39, 0.29) is 10.9 Å². The fourth-order valence-corrected chi connectivity index (χ4v) is 3.35. The molecule has 1 heterocycles. The molecule has 0 aromatic carbocycles. The molecule has 7 heteroatoms. The van der Waals surface area contributed by atoms with E-state index >= 15 is 0 Å². The SMILES string of the molecule is O=S(=O)(NC1CCC1)c1cnn(CCNC2CC2)c1.